The lowest BCUT2D eigenvalue weighted by Crippen LogP contribution is -2.30. The summed E-state index contributed by atoms with van der Waals surface area (Å²) in [4.78, 5) is 0. The second-order valence-corrected chi connectivity index (χ2v) is 6.59. The number of nitrogens with one attached hydrogen (secondary N) is 1. The topological polar surface area (TPSA) is 46.2 Å². The summed E-state index contributed by atoms with van der Waals surface area (Å²) in [5.74, 6) is 0.242. The molecule has 0 saturated carbocycles. The van der Waals surface area contributed by atoms with E-state index in [4.69, 9.17) is 0 Å². The Morgan fingerprint density at radius 3 is 2.40 bits per heavy atom. The summed E-state index contributed by atoms with van der Waals surface area (Å²) >= 11 is 0. The molecule has 0 amide bonds. The van der Waals surface area contributed by atoms with Crippen molar-refractivity contribution in [2.24, 2.45) is 0 Å². The minimum absolute atomic E-state index is 0.242. The first-order chi connectivity index (χ1) is 6.95. The first kappa shape index (κ1) is 14.9. The first-order valence-electron chi connectivity index (χ1n) is 5.87. The van der Waals surface area contributed by atoms with Gasteiger partial charge in [0.25, 0.3) is 0 Å². The second-order valence-electron chi connectivity index (χ2n) is 4.33. The predicted octanol–water partition coefficient (Wildman–Crippen LogP) is 1.98. The molecule has 0 aromatic rings. The summed E-state index contributed by atoms with van der Waals surface area (Å²) in [6.07, 6.45) is 7.51. The fourth-order valence-electron chi connectivity index (χ4n) is 1.47. The molecule has 0 aromatic carbocycles. The van der Waals surface area contributed by atoms with Crippen LogP contribution in [0.25, 0.3) is 0 Å². The Morgan fingerprint density at radius 1 is 1.20 bits per heavy atom. The average Bonchev–Trinajstić information content (AvgIpc) is 2.10. The van der Waals surface area contributed by atoms with Crippen LogP contribution in [-0.4, -0.2) is 33.0 Å². The summed E-state index contributed by atoms with van der Waals surface area (Å²) in [5, 5.41) is 3.24. The van der Waals surface area contributed by atoms with Crippen LogP contribution in [0.5, 0.6) is 0 Å². The normalized spacial score (nSPS) is 14.1. The van der Waals surface area contributed by atoms with Gasteiger partial charge in [-0.15, -0.1) is 0 Å². The molecule has 0 rings (SSSR count). The Bertz CT molecular complexity index is 237. The fraction of sp³-hybridized carbons (Fsp3) is 1.00. The van der Waals surface area contributed by atoms with Crippen LogP contribution in [-0.2, 0) is 9.84 Å². The smallest absolute Gasteiger partial charge is 0.148 e. The van der Waals surface area contributed by atoms with Crippen molar-refractivity contribution in [3.05, 3.63) is 0 Å². The number of rotatable bonds is 9. The fourth-order valence-corrected chi connectivity index (χ4v) is 1.96. The van der Waals surface area contributed by atoms with E-state index in [9.17, 15) is 8.42 Å². The van der Waals surface area contributed by atoms with Crippen molar-refractivity contribution in [2.45, 2.75) is 52.0 Å². The SMILES string of the molecule is CCCCCCC(C)NCCS(C)(=O)=O. The van der Waals surface area contributed by atoms with Gasteiger partial charge in [0, 0.05) is 18.8 Å². The van der Waals surface area contributed by atoms with Crippen molar-refractivity contribution < 1.29 is 8.42 Å². The van der Waals surface area contributed by atoms with Gasteiger partial charge in [0.2, 0.25) is 0 Å². The zero-order valence-electron chi connectivity index (χ0n) is 10.3. The Balaban J connectivity index is 3.37. The van der Waals surface area contributed by atoms with Crippen LogP contribution < -0.4 is 5.32 Å². The third-order valence-corrected chi connectivity index (χ3v) is 3.40. The molecule has 0 aliphatic rings. The van der Waals surface area contributed by atoms with Crippen LogP contribution in [0.1, 0.15) is 46.0 Å². The predicted molar refractivity (Wildman–Crippen MR) is 65.9 cm³/mol. The second kappa shape index (κ2) is 8.11. The summed E-state index contributed by atoms with van der Waals surface area (Å²) in [5.41, 5.74) is 0. The van der Waals surface area contributed by atoms with Crippen molar-refractivity contribution >= 4 is 9.84 Å². The Labute approximate surface area is 94.6 Å². The Kier molecular flexibility index (Phi) is 8.06. The highest BCUT2D eigenvalue weighted by Crippen LogP contribution is 2.04. The molecule has 0 heterocycles. The monoisotopic (exact) mass is 235 g/mol. The molecule has 0 bridgehead atoms. The van der Waals surface area contributed by atoms with E-state index in [1.165, 1.54) is 31.9 Å². The molecule has 1 N–H and O–H groups in total. The average molecular weight is 235 g/mol. The van der Waals surface area contributed by atoms with Crippen LogP contribution in [0.15, 0.2) is 0 Å². The maximum Gasteiger partial charge on any atom is 0.148 e. The molecule has 0 aliphatic carbocycles. The number of hydrogen-bond acceptors (Lipinski definition) is 3. The lowest BCUT2D eigenvalue weighted by Gasteiger charge is -2.12. The minimum Gasteiger partial charge on any atom is -0.313 e. The molecular weight excluding hydrogens is 210 g/mol. The number of sulfone groups is 1. The van der Waals surface area contributed by atoms with Crippen molar-refractivity contribution in [1.29, 1.82) is 0 Å². The van der Waals surface area contributed by atoms with Gasteiger partial charge in [0.1, 0.15) is 9.84 Å². The first-order valence-corrected chi connectivity index (χ1v) is 7.93. The molecule has 0 aromatic heterocycles. The number of unbranched alkanes of at least 4 members (excludes halogenated alkanes) is 3. The van der Waals surface area contributed by atoms with Gasteiger partial charge in [0.15, 0.2) is 0 Å². The van der Waals surface area contributed by atoms with Crippen LogP contribution in [0.3, 0.4) is 0 Å². The van der Waals surface area contributed by atoms with Gasteiger partial charge >= 0.3 is 0 Å². The third-order valence-electron chi connectivity index (χ3n) is 2.46. The zero-order valence-corrected chi connectivity index (χ0v) is 11.1. The Morgan fingerprint density at radius 2 is 1.87 bits per heavy atom. The summed E-state index contributed by atoms with van der Waals surface area (Å²) in [7, 11) is -2.81. The van der Waals surface area contributed by atoms with Crippen molar-refractivity contribution in [3.63, 3.8) is 0 Å². The minimum atomic E-state index is -2.81. The van der Waals surface area contributed by atoms with E-state index in [1.807, 2.05) is 0 Å². The molecule has 0 aliphatic heterocycles. The van der Waals surface area contributed by atoms with Gasteiger partial charge in [-0.2, -0.15) is 0 Å². The van der Waals surface area contributed by atoms with E-state index >= 15 is 0 Å². The van der Waals surface area contributed by atoms with Crippen LogP contribution in [0, 0.1) is 0 Å². The molecule has 92 valence electrons. The molecule has 4 heteroatoms. The third kappa shape index (κ3) is 11.8. The highest BCUT2D eigenvalue weighted by molar-refractivity contribution is 7.90. The van der Waals surface area contributed by atoms with Gasteiger partial charge in [-0.25, -0.2) is 8.42 Å². The van der Waals surface area contributed by atoms with Crippen LogP contribution >= 0.6 is 0 Å². The van der Waals surface area contributed by atoms with Gasteiger partial charge in [-0.3, -0.25) is 0 Å². The van der Waals surface area contributed by atoms with E-state index < -0.39 is 9.84 Å². The van der Waals surface area contributed by atoms with Crippen molar-refractivity contribution in [2.75, 3.05) is 18.6 Å². The zero-order chi connectivity index (χ0) is 11.7. The lowest BCUT2D eigenvalue weighted by atomic mass is 10.1. The molecular formula is C11H25NO2S. The van der Waals surface area contributed by atoms with E-state index in [-0.39, 0.29) is 5.75 Å². The van der Waals surface area contributed by atoms with Crippen LogP contribution in [0.4, 0.5) is 0 Å². The maximum atomic E-state index is 10.9. The maximum absolute atomic E-state index is 10.9. The lowest BCUT2D eigenvalue weighted by molar-refractivity contribution is 0.493. The van der Waals surface area contributed by atoms with E-state index in [2.05, 4.69) is 19.2 Å². The molecule has 1 atom stereocenters. The molecule has 0 radical (unpaired) electrons. The van der Waals surface area contributed by atoms with Crippen LogP contribution in [0.2, 0.25) is 0 Å². The standard InChI is InChI=1S/C11H25NO2S/c1-4-5-6-7-8-11(2)12-9-10-15(3,13)14/h11-12H,4-10H2,1-3H3. The van der Waals surface area contributed by atoms with Crippen molar-refractivity contribution in [3.8, 4) is 0 Å². The van der Waals surface area contributed by atoms with Gasteiger partial charge < -0.3 is 5.32 Å². The van der Waals surface area contributed by atoms with Gasteiger partial charge in [0.05, 0.1) is 5.75 Å². The van der Waals surface area contributed by atoms with E-state index in [0.717, 1.165) is 6.42 Å². The quantitative estimate of drug-likeness (QED) is 0.622. The molecule has 0 fully saturated rings. The molecule has 0 spiro atoms. The largest absolute Gasteiger partial charge is 0.313 e. The molecule has 0 saturated heterocycles. The van der Waals surface area contributed by atoms with Crippen molar-refractivity contribution in [1.82, 2.24) is 5.32 Å². The highest BCUT2D eigenvalue weighted by atomic mass is 32.2. The van der Waals surface area contributed by atoms with E-state index in [0.29, 0.717) is 12.6 Å². The summed E-state index contributed by atoms with van der Waals surface area (Å²) < 4.78 is 21.7. The summed E-state index contributed by atoms with van der Waals surface area (Å²) in [6.45, 7) is 4.90. The Hall–Kier alpha value is -0.0900. The summed E-state index contributed by atoms with van der Waals surface area (Å²) in [6, 6.07) is 0.434. The molecule has 15 heavy (non-hydrogen) atoms. The van der Waals surface area contributed by atoms with Gasteiger partial charge in [-0.05, 0) is 13.3 Å². The highest BCUT2D eigenvalue weighted by Gasteiger charge is 2.04. The van der Waals surface area contributed by atoms with E-state index in [1.54, 1.807) is 0 Å². The molecule has 3 nitrogen and oxygen atoms in total. The molecule has 1 unspecified atom stereocenters. The van der Waals surface area contributed by atoms with Gasteiger partial charge in [-0.1, -0.05) is 32.6 Å². The number of hydrogen-bond donors (Lipinski definition) is 1.